The van der Waals surface area contributed by atoms with Crippen LogP contribution in [0.3, 0.4) is 0 Å². The molecule has 2 saturated heterocycles. The van der Waals surface area contributed by atoms with E-state index in [9.17, 15) is 13.9 Å². The second-order valence-corrected chi connectivity index (χ2v) is 9.25. The summed E-state index contributed by atoms with van der Waals surface area (Å²) in [5, 5.41) is 14.4. The lowest BCUT2D eigenvalue weighted by atomic mass is 10.2. The number of rotatable bonds is 6. The van der Waals surface area contributed by atoms with Crippen LogP contribution in [0.1, 0.15) is 17.7 Å². The van der Waals surface area contributed by atoms with Crippen molar-refractivity contribution in [3.05, 3.63) is 59.4 Å². The fraction of sp³-hybridized carbons (Fsp3) is 0.400. The Hall–Kier alpha value is -3.57. The van der Waals surface area contributed by atoms with Gasteiger partial charge in [0.1, 0.15) is 17.5 Å². The number of aliphatic hydroxyl groups is 1. The third-order valence-electron chi connectivity index (χ3n) is 6.71. The van der Waals surface area contributed by atoms with Crippen LogP contribution >= 0.6 is 0 Å². The summed E-state index contributed by atoms with van der Waals surface area (Å²) < 4.78 is 28.8. The molecule has 9 nitrogen and oxygen atoms in total. The van der Waals surface area contributed by atoms with E-state index < -0.39 is 11.6 Å². The zero-order chi connectivity index (χ0) is 25.2. The maximum Gasteiger partial charge on any atom is 0.224 e. The number of anilines is 3. The van der Waals surface area contributed by atoms with E-state index in [1.165, 1.54) is 12.1 Å². The molecule has 0 saturated carbocycles. The Morgan fingerprint density at radius 3 is 2.42 bits per heavy atom. The maximum atomic E-state index is 13.5. The van der Waals surface area contributed by atoms with Crippen molar-refractivity contribution in [3.8, 4) is 5.82 Å². The van der Waals surface area contributed by atoms with Gasteiger partial charge in [-0.1, -0.05) is 12.2 Å². The smallest absolute Gasteiger partial charge is 0.224 e. The number of β-amino-alcohol motifs (C(OH)–C–C–N with tert-alkyl or cyclic N) is 1. The van der Waals surface area contributed by atoms with Gasteiger partial charge in [0.15, 0.2) is 5.82 Å². The Bertz CT molecular complexity index is 1230. The van der Waals surface area contributed by atoms with Gasteiger partial charge in [-0.2, -0.15) is 15.1 Å². The van der Waals surface area contributed by atoms with Crippen molar-refractivity contribution in [1.29, 1.82) is 0 Å². The van der Waals surface area contributed by atoms with Crippen LogP contribution in [0.2, 0.25) is 0 Å². The topological polar surface area (TPSA) is 99.6 Å². The average Bonchev–Trinajstić information content (AvgIpc) is 3.44. The number of benzene rings is 1. The molecule has 0 amide bonds. The Kier molecular flexibility index (Phi) is 6.84. The van der Waals surface area contributed by atoms with Crippen LogP contribution < -0.4 is 15.5 Å². The number of halogens is 2. The molecule has 0 radical (unpaired) electrons. The van der Waals surface area contributed by atoms with Crippen LogP contribution in [0.5, 0.6) is 0 Å². The van der Waals surface area contributed by atoms with Crippen LogP contribution in [-0.2, 0) is 0 Å². The van der Waals surface area contributed by atoms with E-state index in [0.717, 1.165) is 43.5 Å². The third kappa shape index (κ3) is 5.31. The molecule has 1 atom stereocenters. The summed E-state index contributed by atoms with van der Waals surface area (Å²) in [5.41, 5.74) is 8.45. The molecule has 5 rings (SSSR count). The normalized spacial score (nSPS) is 19.1. The second kappa shape index (κ2) is 10.2. The Morgan fingerprint density at radius 2 is 1.72 bits per heavy atom. The molecule has 3 aromatic rings. The highest BCUT2D eigenvalue weighted by Crippen LogP contribution is 2.23. The van der Waals surface area contributed by atoms with Crippen LogP contribution in [0.15, 0.2) is 36.5 Å². The molecule has 0 aliphatic carbocycles. The summed E-state index contributed by atoms with van der Waals surface area (Å²) in [6.07, 6.45) is 6.26. The summed E-state index contributed by atoms with van der Waals surface area (Å²) in [5.74, 6) is 0.321. The molecule has 0 bridgehead atoms. The first-order valence-corrected chi connectivity index (χ1v) is 12.1. The van der Waals surface area contributed by atoms with Crippen molar-refractivity contribution in [2.45, 2.75) is 19.4 Å². The molecule has 4 heterocycles. The molecule has 190 valence electrons. The van der Waals surface area contributed by atoms with Crippen LogP contribution in [0, 0.1) is 18.6 Å². The molecule has 11 heteroatoms. The first-order chi connectivity index (χ1) is 17.4. The number of aliphatic hydroxyl groups excluding tert-OH is 1. The lowest BCUT2D eigenvalue weighted by Gasteiger charge is -2.35. The van der Waals surface area contributed by atoms with Crippen molar-refractivity contribution < 1.29 is 13.9 Å². The summed E-state index contributed by atoms with van der Waals surface area (Å²) in [7, 11) is 0. The quantitative estimate of drug-likeness (QED) is 0.536. The molecule has 2 aliphatic heterocycles. The fourth-order valence-electron chi connectivity index (χ4n) is 4.72. The van der Waals surface area contributed by atoms with Gasteiger partial charge in [0.25, 0.3) is 0 Å². The minimum absolute atomic E-state index is 0.163. The van der Waals surface area contributed by atoms with Gasteiger partial charge in [0.2, 0.25) is 5.95 Å². The van der Waals surface area contributed by atoms with Gasteiger partial charge in [-0.15, -0.1) is 0 Å². The molecule has 0 unspecified atom stereocenters. The molecule has 2 aliphatic rings. The number of nitrogen functional groups attached to an aromatic ring is 1. The fourth-order valence-corrected chi connectivity index (χ4v) is 4.72. The number of hydrogen-bond donors (Lipinski definition) is 2. The van der Waals surface area contributed by atoms with Gasteiger partial charge < -0.3 is 20.6 Å². The molecule has 3 N–H and O–H groups in total. The van der Waals surface area contributed by atoms with Gasteiger partial charge in [-0.05, 0) is 25.5 Å². The second-order valence-electron chi connectivity index (χ2n) is 9.25. The number of nitrogens with two attached hydrogens (primary N) is 1. The molecule has 2 aromatic heterocycles. The van der Waals surface area contributed by atoms with Gasteiger partial charge >= 0.3 is 0 Å². The van der Waals surface area contributed by atoms with E-state index >= 15 is 0 Å². The van der Waals surface area contributed by atoms with Crippen molar-refractivity contribution in [1.82, 2.24) is 24.6 Å². The SMILES string of the molecule is Cc1c(/C=C/CN2CCN(c3cc(F)cc(F)c3)CC2)cnn1-c1cc(N2CC[C@@H](O)C2)nc(N)n1. The zero-order valence-electron chi connectivity index (χ0n) is 20.2. The average molecular weight is 497 g/mol. The van der Waals surface area contributed by atoms with Gasteiger partial charge in [-0.25, -0.2) is 13.5 Å². The largest absolute Gasteiger partial charge is 0.391 e. The summed E-state index contributed by atoms with van der Waals surface area (Å²) in [6, 6.07) is 5.49. The number of hydrogen-bond acceptors (Lipinski definition) is 8. The van der Waals surface area contributed by atoms with E-state index in [2.05, 4.69) is 26.0 Å². The van der Waals surface area contributed by atoms with Crippen LogP contribution in [0.4, 0.5) is 26.2 Å². The first kappa shape index (κ1) is 24.1. The van der Waals surface area contributed by atoms with Crippen molar-refractivity contribution >= 4 is 23.5 Å². The van der Waals surface area contributed by atoms with Gasteiger partial charge in [-0.3, -0.25) is 4.90 Å². The van der Waals surface area contributed by atoms with E-state index in [4.69, 9.17) is 5.73 Å². The highest BCUT2D eigenvalue weighted by molar-refractivity contribution is 5.54. The maximum absolute atomic E-state index is 13.5. The van der Waals surface area contributed by atoms with E-state index in [0.29, 0.717) is 43.4 Å². The van der Waals surface area contributed by atoms with Gasteiger partial charge in [0, 0.05) is 69.2 Å². The first-order valence-electron chi connectivity index (χ1n) is 12.1. The summed E-state index contributed by atoms with van der Waals surface area (Å²) in [4.78, 5) is 15.0. The number of piperazine rings is 1. The lowest BCUT2D eigenvalue weighted by molar-refractivity contribution is 0.198. The molecule has 1 aromatic carbocycles. The summed E-state index contributed by atoms with van der Waals surface area (Å²) in [6.45, 7) is 6.99. The van der Waals surface area contributed by atoms with Crippen molar-refractivity contribution in [2.75, 3.05) is 61.3 Å². The number of nitrogens with zero attached hydrogens (tertiary/aromatic N) is 7. The molecule has 2 fully saturated rings. The highest BCUT2D eigenvalue weighted by Gasteiger charge is 2.23. The van der Waals surface area contributed by atoms with Gasteiger partial charge in [0.05, 0.1) is 18.0 Å². The molecule has 36 heavy (non-hydrogen) atoms. The zero-order valence-corrected chi connectivity index (χ0v) is 20.2. The molecular formula is C25H30F2N8O. The van der Waals surface area contributed by atoms with Crippen LogP contribution in [-0.4, -0.2) is 81.7 Å². The van der Waals surface area contributed by atoms with E-state index in [-0.39, 0.29) is 12.1 Å². The summed E-state index contributed by atoms with van der Waals surface area (Å²) >= 11 is 0. The van der Waals surface area contributed by atoms with Crippen molar-refractivity contribution in [2.24, 2.45) is 0 Å². The minimum atomic E-state index is -0.554. The Balaban J connectivity index is 1.21. The predicted octanol–water partition coefficient (Wildman–Crippen LogP) is 2.24. The van der Waals surface area contributed by atoms with E-state index in [1.54, 1.807) is 10.9 Å². The van der Waals surface area contributed by atoms with E-state index in [1.807, 2.05) is 28.9 Å². The highest BCUT2D eigenvalue weighted by atomic mass is 19.1. The minimum Gasteiger partial charge on any atom is -0.391 e. The van der Waals surface area contributed by atoms with Crippen molar-refractivity contribution in [3.63, 3.8) is 0 Å². The standard InChI is InChI=1S/C25H30F2N8O/c1-17-18(3-2-5-32-7-9-33(10-8-32)21-12-19(26)11-20(27)13-21)15-29-35(17)24-14-23(30-25(28)31-24)34-6-4-22(36)16-34/h2-3,11-15,22,36H,4-10,16H2,1H3,(H2,28,30,31)/b3-2+/t22-/m1/s1. The monoisotopic (exact) mass is 496 g/mol. The molecule has 0 spiro atoms. The number of aromatic nitrogens is 4. The lowest BCUT2D eigenvalue weighted by Crippen LogP contribution is -2.46. The predicted molar refractivity (Wildman–Crippen MR) is 135 cm³/mol. The van der Waals surface area contributed by atoms with Crippen LogP contribution in [0.25, 0.3) is 11.9 Å². The third-order valence-corrected chi connectivity index (χ3v) is 6.71. The Labute approximate surface area is 208 Å². The Morgan fingerprint density at radius 1 is 1.00 bits per heavy atom. The molecular weight excluding hydrogens is 466 g/mol.